The SMILES string of the molecule is CCCC(=O)OC(C)CC(C)=Nc1cc(C(C)(C)C)cc(C(C)(C)C)c1O. The van der Waals surface area contributed by atoms with Gasteiger partial charge in [-0.15, -0.1) is 0 Å². The van der Waals surface area contributed by atoms with E-state index in [2.05, 4.69) is 52.6 Å². The van der Waals surface area contributed by atoms with E-state index in [1.807, 2.05) is 26.8 Å². The minimum Gasteiger partial charge on any atom is -0.505 e. The maximum Gasteiger partial charge on any atom is 0.306 e. The van der Waals surface area contributed by atoms with Gasteiger partial charge in [-0.25, -0.2) is 0 Å². The van der Waals surface area contributed by atoms with Gasteiger partial charge in [-0.2, -0.15) is 0 Å². The summed E-state index contributed by atoms with van der Waals surface area (Å²) in [5, 5.41) is 10.8. The molecule has 0 aliphatic heterocycles. The Morgan fingerprint density at radius 3 is 2.22 bits per heavy atom. The Kier molecular flexibility index (Phi) is 7.65. The predicted octanol–water partition coefficient (Wildman–Crippen LogP) is 6.20. The average molecular weight is 376 g/mol. The smallest absolute Gasteiger partial charge is 0.306 e. The standard InChI is InChI=1S/C23H37NO3/c1-10-11-20(25)27-16(3)12-15(2)24-19-14-17(22(4,5)6)13-18(21(19)26)23(7,8)9/h13-14,16,26H,10-12H2,1-9H3. The molecule has 0 fully saturated rings. The van der Waals surface area contributed by atoms with Crippen molar-refractivity contribution < 1.29 is 14.6 Å². The summed E-state index contributed by atoms with van der Waals surface area (Å²) >= 11 is 0. The molecule has 0 spiro atoms. The van der Waals surface area contributed by atoms with E-state index in [1.165, 1.54) is 0 Å². The van der Waals surface area contributed by atoms with Crippen molar-refractivity contribution in [3.8, 4) is 5.75 Å². The number of rotatable bonds is 6. The molecule has 0 aliphatic rings. The molecule has 1 N–H and O–H groups in total. The molecule has 0 saturated heterocycles. The average Bonchev–Trinajstić information content (AvgIpc) is 2.46. The quantitative estimate of drug-likeness (QED) is 0.475. The van der Waals surface area contributed by atoms with Crippen LogP contribution < -0.4 is 0 Å². The van der Waals surface area contributed by atoms with Crippen molar-refractivity contribution >= 4 is 17.4 Å². The Morgan fingerprint density at radius 2 is 1.74 bits per heavy atom. The van der Waals surface area contributed by atoms with Crippen LogP contribution in [0, 0.1) is 0 Å². The Hall–Kier alpha value is -1.84. The molecular formula is C23H37NO3. The van der Waals surface area contributed by atoms with E-state index in [-0.39, 0.29) is 28.7 Å². The maximum atomic E-state index is 11.7. The lowest BCUT2D eigenvalue weighted by Gasteiger charge is -2.27. The zero-order chi connectivity index (χ0) is 21.0. The summed E-state index contributed by atoms with van der Waals surface area (Å²) in [6.45, 7) is 18.5. The lowest BCUT2D eigenvalue weighted by molar-refractivity contribution is -0.147. The number of esters is 1. The molecule has 0 aliphatic carbocycles. The maximum absolute atomic E-state index is 11.7. The van der Waals surface area contributed by atoms with Gasteiger partial charge in [0.25, 0.3) is 0 Å². The predicted molar refractivity (Wildman–Crippen MR) is 113 cm³/mol. The molecule has 27 heavy (non-hydrogen) atoms. The summed E-state index contributed by atoms with van der Waals surface area (Å²) in [7, 11) is 0. The van der Waals surface area contributed by atoms with Crippen molar-refractivity contribution in [2.75, 3.05) is 0 Å². The number of aliphatic imine (C=N–C) groups is 1. The fraction of sp³-hybridized carbons (Fsp3) is 0.652. The number of aromatic hydroxyl groups is 1. The largest absolute Gasteiger partial charge is 0.505 e. The van der Waals surface area contributed by atoms with Gasteiger partial charge in [0.15, 0.2) is 0 Å². The van der Waals surface area contributed by atoms with Crippen molar-refractivity contribution in [1.82, 2.24) is 0 Å². The Labute approximate surface area is 165 Å². The molecule has 4 heteroatoms. The van der Waals surface area contributed by atoms with Crippen molar-refractivity contribution in [3.05, 3.63) is 23.3 Å². The number of phenols is 1. The first-order chi connectivity index (χ1) is 12.3. The van der Waals surface area contributed by atoms with Crippen LogP contribution in [0.2, 0.25) is 0 Å². The van der Waals surface area contributed by atoms with Crippen LogP contribution in [0.4, 0.5) is 5.69 Å². The van der Waals surface area contributed by atoms with Crippen molar-refractivity contribution in [3.63, 3.8) is 0 Å². The lowest BCUT2D eigenvalue weighted by Crippen LogP contribution is -2.18. The van der Waals surface area contributed by atoms with E-state index < -0.39 is 0 Å². The lowest BCUT2D eigenvalue weighted by atomic mass is 9.80. The van der Waals surface area contributed by atoms with E-state index in [4.69, 9.17) is 4.74 Å². The zero-order valence-electron chi connectivity index (χ0n) is 18.6. The normalized spacial score (nSPS) is 14.2. The van der Waals surface area contributed by atoms with E-state index in [1.54, 1.807) is 0 Å². The molecule has 4 nitrogen and oxygen atoms in total. The molecule has 0 amide bonds. The molecule has 1 atom stereocenters. The summed E-state index contributed by atoms with van der Waals surface area (Å²) < 4.78 is 5.40. The Balaban J connectivity index is 3.20. The second-order valence-corrected chi connectivity index (χ2v) is 9.49. The van der Waals surface area contributed by atoms with Gasteiger partial charge in [-0.05, 0) is 42.7 Å². The van der Waals surface area contributed by atoms with Crippen LogP contribution >= 0.6 is 0 Å². The highest BCUT2D eigenvalue weighted by atomic mass is 16.5. The molecular weight excluding hydrogens is 338 g/mol. The van der Waals surface area contributed by atoms with Gasteiger partial charge < -0.3 is 9.84 Å². The number of hydrogen-bond donors (Lipinski definition) is 1. The van der Waals surface area contributed by atoms with Gasteiger partial charge >= 0.3 is 5.97 Å². The third-order valence-corrected chi connectivity index (χ3v) is 4.44. The number of hydrogen-bond acceptors (Lipinski definition) is 4. The topological polar surface area (TPSA) is 58.9 Å². The highest BCUT2D eigenvalue weighted by molar-refractivity contribution is 5.86. The van der Waals surface area contributed by atoms with E-state index in [0.29, 0.717) is 18.5 Å². The van der Waals surface area contributed by atoms with Crippen molar-refractivity contribution in [1.29, 1.82) is 0 Å². The van der Waals surface area contributed by atoms with E-state index >= 15 is 0 Å². The minimum atomic E-state index is -0.233. The monoisotopic (exact) mass is 375 g/mol. The number of carbonyl (C=O) groups excluding carboxylic acids is 1. The second kappa shape index (κ2) is 8.90. The first kappa shape index (κ1) is 23.2. The highest BCUT2D eigenvalue weighted by Gasteiger charge is 2.25. The van der Waals surface area contributed by atoms with E-state index in [0.717, 1.165) is 23.3 Å². The first-order valence-corrected chi connectivity index (χ1v) is 9.87. The number of phenolic OH excluding ortho intramolecular Hbond substituents is 1. The van der Waals surface area contributed by atoms with E-state index in [9.17, 15) is 9.90 Å². The number of ether oxygens (including phenoxy) is 1. The van der Waals surface area contributed by atoms with Crippen LogP contribution in [0.5, 0.6) is 5.75 Å². The van der Waals surface area contributed by atoms with Crippen LogP contribution in [0.3, 0.4) is 0 Å². The summed E-state index contributed by atoms with van der Waals surface area (Å²) in [5.41, 5.74) is 3.20. The van der Waals surface area contributed by atoms with Crippen molar-refractivity contribution in [2.45, 2.75) is 98.5 Å². The highest BCUT2D eigenvalue weighted by Crippen LogP contribution is 2.41. The van der Waals surface area contributed by atoms with Crippen LogP contribution in [0.25, 0.3) is 0 Å². The summed E-state index contributed by atoms with van der Waals surface area (Å²) in [6.07, 6.45) is 1.52. The van der Waals surface area contributed by atoms with Gasteiger partial charge in [0.2, 0.25) is 0 Å². The van der Waals surface area contributed by atoms with Crippen LogP contribution in [0.1, 0.15) is 92.7 Å². The number of nitrogens with zero attached hydrogens (tertiary/aromatic N) is 1. The number of carbonyl (C=O) groups is 1. The molecule has 1 aromatic carbocycles. The first-order valence-electron chi connectivity index (χ1n) is 9.87. The molecule has 1 unspecified atom stereocenters. The van der Waals surface area contributed by atoms with Gasteiger partial charge in [-0.3, -0.25) is 9.79 Å². The van der Waals surface area contributed by atoms with Crippen LogP contribution in [-0.2, 0) is 20.4 Å². The molecule has 0 radical (unpaired) electrons. The van der Waals surface area contributed by atoms with Crippen LogP contribution in [-0.4, -0.2) is 22.9 Å². The third-order valence-electron chi connectivity index (χ3n) is 4.44. The molecule has 1 aromatic rings. The summed E-state index contributed by atoms with van der Waals surface area (Å²) in [5.74, 6) is 0.0517. The number of benzene rings is 1. The fourth-order valence-electron chi connectivity index (χ4n) is 2.91. The van der Waals surface area contributed by atoms with Gasteiger partial charge in [0.1, 0.15) is 17.5 Å². The van der Waals surface area contributed by atoms with Crippen molar-refractivity contribution in [2.24, 2.45) is 4.99 Å². The molecule has 0 saturated carbocycles. The molecule has 0 aromatic heterocycles. The summed E-state index contributed by atoms with van der Waals surface area (Å²) in [4.78, 5) is 16.3. The second-order valence-electron chi connectivity index (χ2n) is 9.49. The molecule has 0 heterocycles. The molecule has 1 rings (SSSR count). The fourth-order valence-corrected chi connectivity index (χ4v) is 2.91. The van der Waals surface area contributed by atoms with Gasteiger partial charge in [-0.1, -0.05) is 54.5 Å². The van der Waals surface area contributed by atoms with Gasteiger partial charge in [0, 0.05) is 24.1 Å². The Bertz CT molecular complexity index is 691. The molecule has 152 valence electrons. The third kappa shape index (κ3) is 7.00. The van der Waals surface area contributed by atoms with Crippen LogP contribution in [0.15, 0.2) is 17.1 Å². The van der Waals surface area contributed by atoms with Gasteiger partial charge in [0.05, 0.1) is 0 Å². The summed E-state index contributed by atoms with van der Waals surface area (Å²) in [6, 6.07) is 4.04. The zero-order valence-corrected chi connectivity index (χ0v) is 18.6. The molecule has 0 bridgehead atoms. The minimum absolute atomic E-state index is 0.0468. The Morgan fingerprint density at radius 1 is 1.15 bits per heavy atom.